The van der Waals surface area contributed by atoms with Gasteiger partial charge in [0.05, 0.1) is 13.1 Å². The van der Waals surface area contributed by atoms with E-state index < -0.39 is 0 Å². The molecule has 0 N–H and O–H groups in total. The highest BCUT2D eigenvalue weighted by molar-refractivity contribution is 5.77. The molecule has 15 heavy (non-hydrogen) atoms. The molecule has 0 rings (SSSR count). The third-order valence-corrected chi connectivity index (χ3v) is 2.18. The SMILES string of the molecule is CCCN(C)CCN(CC=O)CC(C)=O. The van der Waals surface area contributed by atoms with Crippen LogP contribution in [0, 0.1) is 0 Å². The number of Topliss-reactive ketones (excluding diaryl/α,β-unsaturated/α-hetero) is 1. The second-order valence-corrected chi connectivity index (χ2v) is 3.91. The third-order valence-electron chi connectivity index (χ3n) is 2.18. The number of carbonyl (C=O) groups is 2. The van der Waals surface area contributed by atoms with Crippen molar-refractivity contribution in [3.05, 3.63) is 0 Å². The van der Waals surface area contributed by atoms with Gasteiger partial charge in [0.15, 0.2) is 0 Å². The van der Waals surface area contributed by atoms with Crippen molar-refractivity contribution in [1.82, 2.24) is 9.80 Å². The third kappa shape index (κ3) is 8.27. The van der Waals surface area contributed by atoms with Crippen molar-refractivity contribution in [1.29, 1.82) is 0 Å². The summed E-state index contributed by atoms with van der Waals surface area (Å²) in [6, 6.07) is 0. The van der Waals surface area contributed by atoms with Crippen LogP contribution in [-0.2, 0) is 9.59 Å². The van der Waals surface area contributed by atoms with Crippen molar-refractivity contribution in [2.24, 2.45) is 0 Å². The number of hydrogen-bond acceptors (Lipinski definition) is 4. The molecule has 0 fully saturated rings. The fraction of sp³-hybridized carbons (Fsp3) is 0.818. The van der Waals surface area contributed by atoms with E-state index >= 15 is 0 Å². The number of aldehydes is 1. The molecule has 0 saturated heterocycles. The van der Waals surface area contributed by atoms with E-state index in [2.05, 4.69) is 18.9 Å². The Kier molecular flexibility index (Phi) is 8.14. The number of rotatable bonds is 9. The maximum absolute atomic E-state index is 10.9. The molecule has 0 aromatic carbocycles. The lowest BCUT2D eigenvalue weighted by atomic mass is 10.3. The van der Waals surface area contributed by atoms with Gasteiger partial charge in [-0.25, -0.2) is 0 Å². The average molecular weight is 214 g/mol. The van der Waals surface area contributed by atoms with Gasteiger partial charge in [-0.15, -0.1) is 0 Å². The molecule has 0 aliphatic rings. The van der Waals surface area contributed by atoms with Crippen molar-refractivity contribution in [3.63, 3.8) is 0 Å². The van der Waals surface area contributed by atoms with Crippen molar-refractivity contribution >= 4 is 12.1 Å². The maximum atomic E-state index is 10.9. The Balaban J connectivity index is 3.83. The van der Waals surface area contributed by atoms with E-state index in [4.69, 9.17) is 0 Å². The summed E-state index contributed by atoms with van der Waals surface area (Å²) in [6.45, 7) is 7.12. The van der Waals surface area contributed by atoms with Crippen LogP contribution in [0.25, 0.3) is 0 Å². The summed E-state index contributed by atoms with van der Waals surface area (Å²) < 4.78 is 0. The fourth-order valence-electron chi connectivity index (χ4n) is 1.46. The van der Waals surface area contributed by atoms with Gasteiger partial charge >= 0.3 is 0 Å². The Morgan fingerprint density at radius 2 is 1.93 bits per heavy atom. The van der Waals surface area contributed by atoms with Crippen LogP contribution in [0.3, 0.4) is 0 Å². The Labute approximate surface area is 92.2 Å². The van der Waals surface area contributed by atoms with E-state index in [0.29, 0.717) is 13.1 Å². The molecule has 4 heteroatoms. The number of likely N-dealkylation sites (N-methyl/N-ethyl adjacent to an activating group) is 1. The largest absolute Gasteiger partial charge is 0.305 e. The van der Waals surface area contributed by atoms with Crippen LogP contribution in [0.2, 0.25) is 0 Å². The van der Waals surface area contributed by atoms with Crippen molar-refractivity contribution in [2.45, 2.75) is 20.3 Å². The lowest BCUT2D eigenvalue weighted by Crippen LogP contribution is -2.37. The number of nitrogens with zero attached hydrogens (tertiary/aromatic N) is 2. The van der Waals surface area contributed by atoms with Gasteiger partial charge in [-0.05, 0) is 26.9 Å². The Morgan fingerprint density at radius 1 is 1.27 bits per heavy atom. The Morgan fingerprint density at radius 3 is 2.40 bits per heavy atom. The molecule has 0 aromatic heterocycles. The van der Waals surface area contributed by atoms with Crippen molar-refractivity contribution < 1.29 is 9.59 Å². The number of carbonyl (C=O) groups excluding carboxylic acids is 2. The first kappa shape index (κ1) is 14.3. The first-order chi connectivity index (χ1) is 7.10. The van der Waals surface area contributed by atoms with Crippen LogP contribution in [0.15, 0.2) is 0 Å². The van der Waals surface area contributed by atoms with Crippen LogP contribution in [0.5, 0.6) is 0 Å². The smallest absolute Gasteiger partial charge is 0.143 e. The zero-order chi connectivity index (χ0) is 11.7. The van der Waals surface area contributed by atoms with E-state index in [1.54, 1.807) is 6.92 Å². The number of ketones is 1. The molecule has 0 saturated carbocycles. The number of hydrogen-bond donors (Lipinski definition) is 0. The molecule has 0 amide bonds. The van der Waals surface area contributed by atoms with Gasteiger partial charge in [0, 0.05) is 13.1 Å². The van der Waals surface area contributed by atoms with Crippen LogP contribution in [0.4, 0.5) is 0 Å². The molecule has 0 aromatic rings. The molecule has 0 heterocycles. The molecular weight excluding hydrogens is 192 g/mol. The first-order valence-corrected chi connectivity index (χ1v) is 5.44. The maximum Gasteiger partial charge on any atom is 0.143 e. The molecule has 0 aliphatic carbocycles. The highest BCUT2D eigenvalue weighted by atomic mass is 16.1. The fourth-order valence-corrected chi connectivity index (χ4v) is 1.46. The molecule has 0 aliphatic heterocycles. The molecule has 0 radical (unpaired) electrons. The summed E-state index contributed by atoms with van der Waals surface area (Å²) in [5, 5.41) is 0. The summed E-state index contributed by atoms with van der Waals surface area (Å²) in [6.07, 6.45) is 1.97. The minimum absolute atomic E-state index is 0.106. The molecule has 0 spiro atoms. The summed E-state index contributed by atoms with van der Waals surface area (Å²) in [5.41, 5.74) is 0. The van der Waals surface area contributed by atoms with Crippen molar-refractivity contribution in [3.8, 4) is 0 Å². The molecule has 4 nitrogen and oxygen atoms in total. The summed E-state index contributed by atoms with van der Waals surface area (Å²) in [5.74, 6) is 0.106. The van der Waals surface area contributed by atoms with Gasteiger partial charge < -0.3 is 9.69 Å². The van der Waals surface area contributed by atoms with Gasteiger partial charge in [0.2, 0.25) is 0 Å². The van der Waals surface area contributed by atoms with Crippen LogP contribution >= 0.6 is 0 Å². The second-order valence-electron chi connectivity index (χ2n) is 3.91. The quantitative estimate of drug-likeness (QED) is 0.522. The lowest BCUT2D eigenvalue weighted by Gasteiger charge is -2.22. The molecule has 0 atom stereocenters. The Bertz CT molecular complexity index is 195. The zero-order valence-corrected chi connectivity index (χ0v) is 10.0. The second kappa shape index (κ2) is 8.56. The normalized spacial score (nSPS) is 11.0. The summed E-state index contributed by atoms with van der Waals surface area (Å²) in [7, 11) is 2.05. The monoisotopic (exact) mass is 214 g/mol. The molecule has 88 valence electrons. The first-order valence-electron chi connectivity index (χ1n) is 5.44. The van der Waals surface area contributed by atoms with Crippen LogP contribution in [0.1, 0.15) is 20.3 Å². The van der Waals surface area contributed by atoms with Gasteiger partial charge in [-0.1, -0.05) is 6.92 Å². The van der Waals surface area contributed by atoms with Gasteiger partial charge in [0.1, 0.15) is 12.1 Å². The lowest BCUT2D eigenvalue weighted by molar-refractivity contribution is -0.118. The van der Waals surface area contributed by atoms with Crippen LogP contribution < -0.4 is 0 Å². The van der Waals surface area contributed by atoms with Gasteiger partial charge in [-0.2, -0.15) is 0 Å². The molecular formula is C11H22N2O2. The standard InChI is InChI=1S/C11H22N2O2/c1-4-5-12(3)6-7-13(8-9-14)10-11(2)15/h9H,4-8,10H2,1-3H3. The van der Waals surface area contributed by atoms with E-state index in [-0.39, 0.29) is 5.78 Å². The molecule has 0 unspecified atom stereocenters. The Hall–Kier alpha value is -0.740. The van der Waals surface area contributed by atoms with Crippen LogP contribution in [-0.4, -0.2) is 61.6 Å². The minimum Gasteiger partial charge on any atom is -0.305 e. The summed E-state index contributed by atoms with van der Waals surface area (Å²) in [4.78, 5) is 25.4. The van der Waals surface area contributed by atoms with E-state index in [9.17, 15) is 9.59 Å². The minimum atomic E-state index is 0.106. The van der Waals surface area contributed by atoms with E-state index in [1.165, 1.54) is 0 Å². The molecule has 0 bridgehead atoms. The van der Waals surface area contributed by atoms with E-state index in [1.807, 2.05) is 4.90 Å². The highest BCUT2D eigenvalue weighted by Gasteiger charge is 2.07. The van der Waals surface area contributed by atoms with E-state index in [0.717, 1.165) is 32.3 Å². The predicted molar refractivity (Wildman–Crippen MR) is 61.0 cm³/mol. The van der Waals surface area contributed by atoms with Gasteiger partial charge in [0.25, 0.3) is 0 Å². The van der Waals surface area contributed by atoms with Crippen molar-refractivity contribution in [2.75, 3.05) is 39.8 Å². The predicted octanol–water partition coefficient (Wildman–Crippen LogP) is 0.418. The van der Waals surface area contributed by atoms with Gasteiger partial charge in [-0.3, -0.25) is 9.69 Å². The topological polar surface area (TPSA) is 40.6 Å². The highest BCUT2D eigenvalue weighted by Crippen LogP contribution is 1.91. The average Bonchev–Trinajstić information content (AvgIpc) is 2.14. The zero-order valence-electron chi connectivity index (χ0n) is 10.0. The summed E-state index contributed by atoms with van der Waals surface area (Å²) >= 11 is 0.